The second-order valence-corrected chi connectivity index (χ2v) is 12.3. The van der Waals surface area contributed by atoms with Crippen LogP contribution in [0.25, 0.3) is 0 Å². The number of carbonyl (C=O) groups excluding carboxylic acids is 2. The number of rotatable bonds is 8. The van der Waals surface area contributed by atoms with Crippen molar-refractivity contribution in [3.63, 3.8) is 0 Å². The molecule has 1 unspecified atom stereocenters. The van der Waals surface area contributed by atoms with E-state index >= 15 is 0 Å². The van der Waals surface area contributed by atoms with Gasteiger partial charge in [-0.15, -0.1) is 11.3 Å². The Morgan fingerprint density at radius 3 is 2.45 bits per heavy atom. The maximum Gasteiger partial charge on any atom is 0.269 e. The Morgan fingerprint density at radius 1 is 1.10 bits per heavy atom. The summed E-state index contributed by atoms with van der Waals surface area (Å²) in [5, 5.41) is 1.93. The molecular formula is C19H23N3O6S3. The minimum atomic E-state index is -3.70. The fourth-order valence-electron chi connectivity index (χ4n) is 3.18. The van der Waals surface area contributed by atoms with Crippen molar-refractivity contribution in [2.75, 3.05) is 18.1 Å². The van der Waals surface area contributed by atoms with E-state index in [1.54, 1.807) is 11.3 Å². The Labute approximate surface area is 185 Å². The molecule has 0 radical (unpaired) electrons. The number of nitrogens with one attached hydrogen (secondary N) is 3. The van der Waals surface area contributed by atoms with Crippen molar-refractivity contribution in [1.29, 1.82) is 0 Å². The highest BCUT2D eigenvalue weighted by atomic mass is 32.2. The van der Waals surface area contributed by atoms with E-state index in [-0.39, 0.29) is 40.8 Å². The monoisotopic (exact) mass is 485 g/mol. The normalized spacial score (nSPS) is 17.9. The predicted octanol–water partition coefficient (Wildman–Crippen LogP) is 0.855. The zero-order valence-electron chi connectivity index (χ0n) is 16.5. The van der Waals surface area contributed by atoms with Crippen molar-refractivity contribution >= 4 is 43.0 Å². The van der Waals surface area contributed by atoms with Crippen LogP contribution in [0.15, 0.2) is 46.7 Å². The molecule has 1 aromatic carbocycles. The van der Waals surface area contributed by atoms with Gasteiger partial charge in [-0.05, 0) is 54.5 Å². The summed E-state index contributed by atoms with van der Waals surface area (Å²) in [6, 6.07) is 9.15. The van der Waals surface area contributed by atoms with Gasteiger partial charge in [0.15, 0.2) is 9.84 Å². The van der Waals surface area contributed by atoms with Crippen LogP contribution in [0.5, 0.6) is 0 Å². The Kier molecular flexibility index (Phi) is 7.46. The zero-order chi connectivity index (χ0) is 22.5. The third-order valence-corrected chi connectivity index (χ3v) is 9.04. The fourth-order valence-corrected chi connectivity index (χ4v) is 6.78. The SMILES string of the molecule is O=C(CC1CCS(=O)(=O)C1)NNC(=O)c1ccc(S(=O)(=O)NCCc2cccs2)cc1. The van der Waals surface area contributed by atoms with Crippen molar-refractivity contribution in [1.82, 2.24) is 15.6 Å². The number of hydrazine groups is 1. The molecule has 1 fully saturated rings. The first-order chi connectivity index (χ1) is 14.6. The number of hydrogen-bond acceptors (Lipinski definition) is 7. The molecule has 12 heteroatoms. The summed E-state index contributed by atoms with van der Waals surface area (Å²) in [5.41, 5.74) is 4.68. The van der Waals surface area contributed by atoms with Crippen LogP contribution in [0.3, 0.4) is 0 Å². The van der Waals surface area contributed by atoms with Crippen molar-refractivity contribution in [2.24, 2.45) is 5.92 Å². The molecule has 1 aromatic heterocycles. The van der Waals surface area contributed by atoms with Crippen molar-refractivity contribution in [3.05, 3.63) is 52.2 Å². The van der Waals surface area contributed by atoms with Gasteiger partial charge in [0, 0.05) is 23.4 Å². The summed E-state index contributed by atoms with van der Waals surface area (Å²) in [6.07, 6.45) is 1.03. The van der Waals surface area contributed by atoms with Gasteiger partial charge in [-0.2, -0.15) is 0 Å². The van der Waals surface area contributed by atoms with Crippen LogP contribution >= 0.6 is 11.3 Å². The van der Waals surface area contributed by atoms with E-state index in [0.717, 1.165) is 4.88 Å². The molecule has 2 heterocycles. The smallest absolute Gasteiger partial charge is 0.269 e. The first kappa shape index (κ1) is 23.4. The van der Waals surface area contributed by atoms with Gasteiger partial charge in [0.2, 0.25) is 15.9 Å². The second-order valence-electron chi connectivity index (χ2n) is 7.23. The Hall–Kier alpha value is -2.28. The number of hydrogen-bond donors (Lipinski definition) is 3. The highest BCUT2D eigenvalue weighted by molar-refractivity contribution is 7.91. The summed E-state index contributed by atoms with van der Waals surface area (Å²) in [5.74, 6) is -1.29. The first-order valence-corrected chi connectivity index (χ1v) is 13.7. The molecular weight excluding hydrogens is 462 g/mol. The Morgan fingerprint density at radius 2 is 1.84 bits per heavy atom. The predicted molar refractivity (Wildman–Crippen MR) is 117 cm³/mol. The molecule has 1 aliphatic rings. The molecule has 1 aliphatic heterocycles. The highest BCUT2D eigenvalue weighted by Crippen LogP contribution is 2.21. The molecule has 0 saturated carbocycles. The average molecular weight is 486 g/mol. The van der Waals surface area contributed by atoms with Gasteiger partial charge in [-0.1, -0.05) is 6.07 Å². The van der Waals surface area contributed by atoms with Gasteiger partial charge in [-0.3, -0.25) is 20.4 Å². The molecule has 2 amide bonds. The van der Waals surface area contributed by atoms with Gasteiger partial charge in [0.25, 0.3) is 5.91 Å². The standard InChI is InChI=1S/C19H23N3O6S3/c23-18(12-14-8-11-30(25,26)13-14)21-22-19(24)15-3-5-17(6-4-15)31(27,28)20-9-7-16-2-1-10-29-16/h1-6,10,14,20H,7-9,11-13H2,(H,21,23)(H,22,24). The average Bonchev–Trinajstić information content (AvgIpc) is 3.35. The van der Waals surface area contributed by atoms with E-state index in [0.29, 0.717) is 12.8 Å². The number of sulfone groups is 1. The number of sulfonamides is 1. The molecule has 3 rings (SSSR count). The summed E-state index contributed by atoms with van der Waals surface area (Å²) in [4.78, 5) is 25.2. The summed E-state index contributed by atoms with van der Waals surface area (Å²) in [7, 11) is -6.77. The Balaban J connectivity index is 1.47. The lowest BCUT2D eigenvalue weighted by molar-refractivity contribution is -0.122. The van der Waals surface area contributed by atoms with Crippen LogP contribution in [-0.4, -0.2) is 46.7 Å². The third-order valence-electron chi connectivity index (χ3n) is 4.79. The third kappa shape index (κ3) is 6.86. The maximum absolute atomic E-state index is 12.4. The van der Waals surface area contributed by atoms with E-state index in [9.17, 15) is 26.4 Å². The molecule has 1 atom stereocenters. The fraction of sp³-hybridized carbons (Fsp3) is 0.368. The maximum atomic E-state index is 12.4. The largest absolute Gasteiger partial charge is 0.273 e. The minimum Gasteiger partial charge on any atom is -0.273 e. The molecule has 168 valence electrons. The number of thiophene rings is 1. The minimum absolute atomic E-state index is 0.00777. The first-order valence-electron chi connectivity index (χ1n) is 9.56. The lowest BCUT2D eigenvalue weighted by Crippen LogP contribution is -2.42. The van der Waals surface area contributed by atoms with Gasteiger partial charge >= 0.3 is 0 Å². The van der Waals surface area contributed by atoms with Gasteiger partial charge < -0.3 is 0 Å². The van der Waals surface area contributed by atoms with Crippen molar-refractivity contribution < 1.29 is 26.4 Å². The summed E-state index contributed by atoms with van der Waals surface area (Å²) >= 11 is 1.55. The molecule has 2 aromatic rings. The summed E-state index contributed by atoms with van der Waals surface area (Å²) < 4.78 is 50.1. The molecule has 0 aliphatic carbocycles. The number of benzene rings is 1. The van der Waals surface area contributed by atoms with E-state index < -0.39 is 31.7 Å². The molecule has 0 spiro atoms. The molecule has 31 heavy (non-hydrogen) atoms. The molecule has 3 N–H and O–H groups in total. The van der Waals surface area contributed by atoms with Gasteiger partial charge in [0.05, 0.1) is 16.4 Å². The van der Waals surface area contributed by atoms with Gasteiger partial charge in [0.1, 0.15) is 0 Å². The van der Waals surface area contributed by atoms with Crippen LogP contribution in [0, 0.1) is 5.92 Å². The highest BCUT2D eigenvalue weighted by Gasteiger charge is 2.29. The van der Waals surface area contributed by atoms with Gasteiger partial charge in [-0.25, -0.2) is 21.6 Å². The van der Waals surface area contributed by atoms with E-state index in [2.05, 4.69) is 15.6 Å². The van der Waals surface area contributed by atoms with E-state index in [4.69, 9.17) is 0 Å². The van der Waals surface area contributed by atoms with E-state index in [1.165, 1.54) is 24.3 Å². The van der Waals surface area contributed by atoms with Crippen LogP contribution in [0.2, 0.25) is 0 Å². The Bertz CT molecular complexity index is 1130. The number of carbonyl (C=O) groups is 2. The lowest BCUT2D eigenvalue weighted by Gasteiger charge is -2.10. The van der Waals surface area contributed by atoms with Crippen LogP contribution < -0.4 is 15.6 Å². The molecule has 0 bridgehead atoms. The summed E-state index contributed by atoms with van der Waals surface area (Å²) in [6.45, 7) is 0.263. The van der Waals surface area contributed by atoms with E-state index in [1.807, 2.05) is 17.5 Å². The van der Waals surface area contributed by atoms with Crippen LogP contribution in [0.1, 0.15) is 28.1 Å². The molecule has 1 saturated heterocycles. The molecule has 9 nitrogen and oxygen atoms in total. The van der Waals surface area contributed by atoms with Crippen molar-refractivity contribution in [3.8, 4) is 0 Å². The lowest BCUT2D eigenvalue weighted by atomic mass is 10.1. The second kappa shape index (κ2) is 9.90. The van der Waals surface area contributed by atoms with Crippen molar-refractivity contribution in [2.45, 2.75) is 24.2 Å². The quantitative estimate of drug-likeness (QED) is 0.474. The van der Waals surface area contributed by atoms with Crippen LogP contribution in [0.4, 0.5) is 0 Å². The number of amides is 2. The topological polar surface area (TPSA) is 139 Å². The zero-order valence-corrected chi connectivity index (χ0v) is 19.0. The van der Waals surface area contributed by atoms with Crippen LogP contribution in [-0.2, 0) is 31.1 Å².